The van der Waals surface area contributed by atoms with Gasteiger partial charge in [-0.1, -0.05) is 69.6 Å². The van der Waals surface area contributed by atoms with Crippen molar-refractivity contribution in [2.75, 3.05) is 0 Å². The van der Waals surface area contributed by atoms with E-state index in [0.29, 0.717) is 11.8 Å². The lowest BCUT2D eigenvalue weighted by atomic mass is 9.93. The molecule has 0 aliphatic rings. The minimum Gasteiger partial charge on any atom is -0.267 e. The number of fused-ring (bicyclic) bond motifs is 1. The topological polar surface area (TPSA) is 22.0 Å². The molecule has 0 atom stereocenters. The van der Waals surface area contributed by atoms with Crippen LogP contribution in [0.3, 0.4) is 0 Å². The number of para-hydroxylation sites is 1. The van der Waals surface area contributed by atoms with Crippen LogP contribution in [0, 0.1) is 0 Å². The average Bonchev–Trinajstić information content (AvgIpc) is 2.83. The van der Waals surface area contributed by atoms with E-state index in [1.807, 2.05) is 28.2 Å². The Labute approximate surface area is 135 Å². The van der Waals surface area contributed by atoms with Gasteiger partial charge in [0, 0.05) is 0 Å². The summed E-state index contributed by atoms with van der Waals surface area (Å²) >= 11 is 1.54. The lowest BCUT2D eigenvalue weighted by Gasteiger charge is -2.19. The Hall–Kier alpha value is -1.87. The van der Waals surface area contributed by atoms with Gasteiger partial charge < -0.3 is 0 Å². The summed E-state index contributed by atoms with van der Waals surface area (Å²) in [5.74, 6) is 0.761. The van der Waals surface area contributed by atoms with Gasteiger partial charge in [0.2, 0.25) is 0 Å². The zero-order valence-electron chi connectivity index (χ0n) is 13.5. The van der Waals surface area contributed by atoms with Crippen LogP contribution < -0.4 is 5.56 Å². The molecule has 1 aromatic heterocycles. The fraction of sp³-hybridized carbons (Fsp3) is 0.316. The van der Waals surface area contributed by atoms with Crippen LogP contribution in [-0.4, -0.2) is 3.96 Å². The zero-order chi connectivity index (χ0) is 15.9. The molecule has 0 aliphatic heterocycles. The van der Waals surface area contributed by atoms with Crippen LogP contribution in [0.5, 0.6) is 0 Å². The lowest BCUT2D eigenvalue weighted by molar-refractivity contribution is 0.813. The van der Waals surface area contributed by atoms with Crippen LogP contribution in [0.4, 0.5) is 0 Å². The minimum absolute atomic E-state index is 0.0931. The van der Waals surface area contributed by atoms with Crippen molar-refractivity contribution in [3.63, 3.8) is 0 Å². The van der Waals surface area contributed by atoms with Crippen LogP contribution in [-0.2, 0) is 0 Å². The number of nitrogens with zero attached hydrogens (tertiary/aromatic N) is 1. The number of rotatable bonds is 3. The first-order valence-corrected chi connectivity index (χ1v) is 8.52. The van der Waals surface area contributed by atoms with E-state index in [0.717, 1.165) is 15.8 Å². The highest BCUT2D eigenvalue weighted by molar-refractivity contribution is 7.14. The molecule has 22 heavy (non-hydrogen) atoms. The average molecular weight is 311 g/mol. The fourth-order valence-electron chi connectivity index (χ4n) is 2.87. The Kier molecular flexibility index (Phi) is 3.92. The van der Waals surface area contributed by atoms with Gasteiger partial charge >= 0.3 is 0 Å². The first kappa shape index (κ1) is 15.0. The molecule has 0 N–H and O–H groups in total. The van der Waals surface area contributed by atoms with Gasteiger partial charge in [0.15, 0.2) is 0 Å². The summed E-state index contributed by atoms with van der Waals surface area (Å²) in [6, 6.07) is 14.2. The van der Waals surface area contributed by atoms with E-state index < -0.39 is 0 Å². The van der Waals surface area contributed by atoms with Crippen molar-refractivity contribution in [2.24, 2.45) is 0 Å². The summed E-state index contributed by atoms with van der Waals surface area (Å²) in [6.07, 6.45) is 0. The van der Waals surface area contributed by atoms with E-state index in [2.05, 4.69) is 45.9 Å². The van der Waals surface area contributed by atoms with Crippen LogP contribution in [0.25, 0.3) is 15.8 Å². The van der Waals surface area contributed by atoms with E-state index in [-0.39, 0.29) is 5.56 Å². The number of aromatic nitrogens is 1. The quantitative estimate of drug-likeness (QED) is 0.643. The Morgan fingerprint density at radius 2 is 1.45 bits per heavy atom. The summed E-state index contributed by atoms with van der Waals surface area (Å²) in [7, 11) is 0. The van der Waals surface area contributed by atoms with Crippen molar-refractivity contribution in [1.29, 1.82) is 0 Å². The predicted molar refractivity (Wildman–Crippen MR) is 95.6 cm³/mol. The molecule has 3 heteroatoms. The van der Waals surface area contributed by atoms with Crippen molar-refractivity contribution in [2.45, 2.75) is 39.5 Å². The lowest BCUT2D eigenvalue weighted by Crippen LogP contribution is -2.15. The molecular weight excluding hydrogens is 290 g/mol. The Morgan fingerprint density at radius 3 is 2.00 bits per heavy atom. The third kappa shape index (κ3) is 2.40. The number of hydrogen-bond donors (Lipinski definition) is 0. The molecule has 0 amide bonds. The largest absolute Gasteiger partial charge is 0.273 e. The van der Waals surface area contributed by atoms with Gasteiger partial charge in [-0.2, -0.15) is 0 Å². The van der Waals surface area contributed by atoms with Crippen LogP contribution in [0.2, 0.25) is 0 Å². The highest BCUT2D eigenvalue weighted by Crippen LogP contribution is 2.32. The summed E-state index contributed by atoms with van der Waals surface area (Å²) < 4.78 is 2.93. The highest BCUT2D eigenvalue weighted by atomic mass is 32.1. The maximum Gasteiger partial charge on any atom is 0.273 e. The van der Waals surface area contributed by atoms with Gasteiger partial charge in [-0.3, -0.25) is 4.79 Å². The van der Waals surface area contributed by atoms with E-state index in [1.54, 1.807) is 11.5 Å². The van der Waals surface area contributed by atoms with Gasteiger partial charge in [-0.15, -0.1) is 0 Å². The molecule has 0 bridgehead atoms. The monoisotopic (exact) mass is 311 g/mol. The first-order valence-electron chi connectivity index (χ1n) is 7.75. The normalized spacial score (nSPS) is 11.7. The maximum absolute atomic E-state index is 12.9. The summed E-state index contributed by atoms with van der Waals surface area (Å²) in [5, 5.41) is 0.806. The molecule has 3 rings (SSSR count). The second-order valence-corrected chi connectivity index (χ2v) is 7.27. The van der Waals surface area contributed by atoms with Crippen molar-refractivity contribution in [3.05, 3.63) is 63.9 Å². The molecule has 2 nitrogen and oxygen atoms in total. The third-order valence-electron chi connectivity index (χ3n) is 4.04. The molecule has 0 saturated carbocycles. The Balaban J connectivity index is 2.39. The molecule has 0 unspecified atom stereocenters. The van der Waals surface area contributed by atoms with Gasteiger partial charge in [0.1, 0.15) is 0 Å². The molecule has 0 fully saturated rings. The van der Waals surface area contributed by atoms with Gasteiger partial charge in [-0.05, 0) is 35.1 Å². The Bertz CT molecular complexity index is 844. The first-order chi connectivity index (χ1) is 10.5. The minimum atomic E-state index is 0.0931. The predicted octanol–water partition coefficient (Wildman–Crippen LogP) is 5.30. The van der Waals surface area contributed by atoms with Gasteiger partial charge in [0.05, 0.1) is 15.8 Å². The zero-order valence-corrected chi connectivity index (χ0v) is 14.3. The van der Waals surface area contributed by atoms with Crippen molar-refractivity contribution < 1.29 is 0 Å². The standard InChI is InChI=1S/C19H21NOS/c1-12(2)14-9-7-10-15(13(3)4)18(14)20-19(21)16-8-5-6-11-17(16)22-20/h5-13H,1-4H3. The summed E-state index contributed by atoms with van der Waals surface area (Å²) in [4.78, 5) is 12.9. The van der Waals surface area contributed by atoms with E-state index in [4.69, 9.17) is 0 Å². The molecule has 2 aromatic carbocycles. The van der Waals surface area contributed by atoms with Crippen molar-refractivity contribution in [3.8, 4) is 5.69 Å². The molecule has 1 heterocycles. The van der Waals surface area contributed by atoms with Gasteiger partial charge in [0.25, 0.3) is 5.56 Å². The smallest absolute Gasteiger partial charge is 0.267 e. The second kappa shape index (κ2) is 5.73. The second-order valence-electron chi connectivity index (χ2n) is 6.28. The van der Waals surface area contributed by atoms with E-state index in [1.165, 1.54) is 11.1 Å². The van der Waals surface area contributed by atoms with Crippen molar-refractivity contribution in [1.82, 2.24) is 3.96 Å². The third-order valence-corrected chi connectivity index (χ3v) is 5.12. The Morgan fingerprint density at radius 1 is 0.864 bits per heavy atom. The molecule has 0 aliphatic carbocycles. The molecule has 0 spiro atoms. The van der Waals surface area contributed by atoms with Crippen molar-refractivity contribution >= 4 is 21.6 Å². The fourth-order valence-corrected chi connectivity index (χ4v) is 3.94. The summed E-state index contributed by atoms with van der Waals surface area (Å²) in [6.45, 7) is 8.73. The molecular formula is C19H21NOS. The summed E-state index contributed by atoms with van der Waals surface area (Å²) in [5.41, 5.74) is 3.65. The van der Waals surface area contributed by atoms with Crippen LogP contribution in [0.15, 0.2) is 47.3 Å². The molecule has 114 valence electrons. The SMILES string of the molecule is CC(C)c1cccc(C(C)C)c1-n1sc2ccccc2c1=O. The van der Waals surface area contributed by atoms with Gasteiger partial charge in [-0.25, -0.2) is 3.96 Å². The maximum atomic E-state index is 12.9. The van der Waals surface area contributed by atoms with E-state index >= 15 is 0 Å². The number of benzene rings is 2. The van der Waals surface area contributed by atoms with E-state index in [9.17, 15) is 4.79 Å². The molecule has 0 radical (unpaired) electrons. The molecule has 0 saturated heterocycles. The molecule has 3 aromatic rings. The van der Waals surface area contributed by atoms with Crippen LogP contribution in [0.1, 0.15) is 50.7 Å². The highest BCUT2D eigenvalue weighted by Gasteiger charge is 2.18. The van der Waals surface area contributed by atoms with Crippen LogP contribution >= 0.6 is 11.5 Å². The number of hydrogen-bond acceptors (Lipinski definition) is 2.